The van der Waals surface area contributed by atoms with Gasteiger partial charge in [-0.1, -0.05) is 0 Å². The van der Waals surface area contributed by atoms with Crippen molar-refractivity contribution in [3.63, 3.8) is 0 Å². The molecule has 1 saturated heterocycles. The van der Waals surface area contributed by atoms with Crippen molar-refractivity contribution in [2.45, 2.75) is 24.2 Å². The lowest BCUT2D eigenvalue weighted by Gasteiger charge is -2.22. The second-order valence-electron chi connectivity index (χ2n) is 5.16. The van der Waals surface area contributed by atoms with Crippen LogP contribution >= 0.6 is 0 Å². The van der Waals surface area contributed by atoms with Crippen LogP contribution in [0.3, 0.4) is 0 Å². The third kappa shape index (κ3) is 4.19. The number of hydrogen-bond donors (Lipinski definition) is 3. The highest BCUT2D eigenvalue weighted by Crippen LogP contribution is 2.16. The van der Waals surface area contributed by atoms with Crippen LogP contribution in [0.1, 0.15) is 19.3 Å². The van der Waals surface area contributed by atoms with Gasteiger partial charge in [-0.15, -0.1) is 0 Å². The first-order valence-electron chi connectivity index (χ1n) is 7.10. The van der Waals surface area contributed by atoms with Crippen molar-refractivity contribution in [3.05, 3.63) is 24.3 Å². The van der Waals surface area contributed by atoms with E-state index < -0.39 is 10.0 Å². The largest absolute Gasteiger partial charge is 0.385 e. The monoisotopic (exact) mass is 297 g/mol. The minimum Gasteiger partial charge on any atom is -0.385 e. The molecule has 1 heterocycles. The van der Waals surface area contributed by atoms with Crippen LogP contribution in [0.2, 0.25) is 0 Å². The van der Waals surface area contributed by atoms with Crippen LogP contribution in [0.15, 0.2) is 29.2 Å². The van der Waals surface area contributed by atoms with Crippen molar-refractivity contribution < 1.29 is 8.42 Å². The molecular weight excluding hydrogens is 274 g/mol. The Morgan fingerprint density at radius 1 is 1.30 bits per heavy atom. The molecular formula is C14H23N3O2S. The standard InChI is InChI=1S/C14H23N3O2S/c1-15-20(18,19)14-6-4-13(5-7-14)17-10-8-12-3-2-9-16-11-12/h4-7,12,15-17H,2-3,8-11H2,1H3. The Morgan fingerprint density at radius 3 is 2.65 bits per heavy atom. The van der Waals surface area contributed by atoms with E-state index >= 15 is 0 Å². The average molecular weight is 297 g/mol. The zero-order chi connectivity index (χ0) is 14.4. The third-order valence-electron chi connectivity index (χ3n) is 3.71. The highest BCUT2D eigenvalue weighted by Gasteiger charge is 2.12. The van der Waals surface area contributed by atoms with Gasteiger partial charge in [0.1, 0.15) is 0 Å². The van der Waals surface area contributed by atoms with E-state index in [0.717, 1.165) is 37.7 Å². The minimum absolute atomic E-state index is 0.294. The number of hydrogen-bond acceptors (Lipinski definition) is 4. The molecule has 1 aromatic rings. The molecule has 6 heteroatoms. The molecule has 1 unspecified atom stereocenters. The maximum atomic E-state index is 11.6. The summed E-state index contributed by atoms with van der Waals surface area (Å²) in [6.07, 6.45) is 3.71. The maximum Gasteiger partial charge on any atom is 0.240 e. The lowest BCUT2D eigenvalue weighted by molar-refractivity contribution is 0.364. The van der Waals surface area contributed by atoms with E-state index in [1.54, 1.807) is 12.1 Å². The summed E-state index contributed by atoms with van der Waals surface area (Å²) >= 11 is 0. The molecule has 1 fully saturated rings. The van der Waals surface area contributed by atoms with Crippen molar-refractivity contribution in [1.82, 2.24) is 10.0 Å². The Bertz CT molecular complexity index is 508. The highest BCUT2D eigenvalue weighted by molar-refractivity contribution is 7.89. The molecule has 0 saturated carbocycles. The summed E-state index contributed by atoms with van der Waals surface area (Å²) in [5.41, 5.74) is 0.962. The molecule has 112 valence electrons. The normalized spacial score (nSPS) is 19.8. The quantitative estimate of drug-likeness (QED) is 0.742. The van der Waals surface area contributed by atoms with Crippen molar-refractivity contribution >= 4 is 15.7 Å². The molecule has 0 aliphatic carbocycles. The van der Waals surface area contributed by atoms with Gasteiger partial charge in [-0.25, -0.2) is 13.1 Å². The summed E-state index contributed by atoms with van der Waals surface area (Å²) < 4.78 is 25.5. The number of sulfonamides is 1. The molecule has 2 rings (SSSR count). The van der Waals surface area contributed by atoms with E-state index in [1.807, 2.05) is 12.1 Å². The number of nitrogens with one attached hydrogen (secondary N) is 3. The first-order valence-corrected chi connectivity index (χ1v) is 8.58. The molecule has 5 nitrogen and oxygen atoms in total. The third-order valence-corrected chi connectivity index (χ3v) is 5.14. The van der Waals surface area contributed by atoms with Crippen LogP contribution in [-0.2, 0) is 10.0 Å². The topological polar surface area (TPSA) is 70.2 Å². The van der Waals surface area contributed by atoms with Crippen LogP contribution in [-0.4, -0.2) is 35.1 Å². The second-order valence-corrected chi connectivity index (χ2v) is 7.05. The van der Waals surface area contributed by atoms with E-state index in [0.29, 0.717) is 4.90 Å². The number of anilines is 1. The molecule has 20 heavy (non-hydrogen) atoms. The van der Waals surface area contributed by atoms with Crippen molar-refractivity contribution in [2.75, 3.05) is 32.0 Å². The summed E-state index contributed by atoms with van der Waals surface area (Å²) in [4.78, 5) is 0.294. The lowest BCUT2D eigenvalue weighted by atomic mass is 9.96. The fourth-order valence-corrected chi connectivity index (χ4v) is 3.19. The van der Waals surface area contributed by atoms with Gasteiger partial charge < -0.3 is 10.6 Å². The molecule has 0 amide bonds. The van der Waals surface area contributed by atoms with Gasteiger partial charge in [0.2, 0.25) is 10.0 Å². The predicted octanol–water partition coefficient (Wildman–Crippen LogP) is 1.40. The zero-order valence-corrected chi connectivity index (χ0v) is 12.7. The Morgan fingerprint density at radius 2 is 2.05 bits per heavy atom. The van der Waals surface area contributed by atoms with E-state index in [2.05, 4.69) is 15.4 Å². The fourth-order valence-electron chi connectivity index (χ4n) is 2.46. The van der Waals surface area contributed by atoms with E-state index in [-0.39, 0.29) is 0 Å². The van der Waals surface area contributed by atoms with E-state index in [9.17, 15) is 8.42 Å². The minimum atomic E-state index is -3.34. The van der Waals surface area contributed by atoms with E-state index in [4.69, 9.17) is 0 Å². The van der Waals surface area contributed by atoms with Crippen LogP contribution in [0.4, 0.5) is 5.69 Å². The molecule has 1 aliphatic heterocycles. The van der Waals surface area contributed by atoms with Gasteiger partial charge in [0.15, 0.2) is 0 Å². The van der Waals surface area contributed by atoms with Gasteiger partial charge in [-0.3, -0.25) is 0 Å². The molecule has 0 aromatic heterocycles. The predicted molar refractivity (Wildman–Crippen MR) is 81.4 cm³/mol. The fraction of sp³-hybridized carbons (Fsp3) is 0.571. The van der Waals surface area contributed by atoms with Gasteiger partial charge in [0, 0.05) is 12.2 Å². The van der Waals surface area contributed by atoms with Gasteiger partial charge in [0.05, 0.1) is 4.90 Å². The van der Waals surface area contributed by atoms with Crippen LogP contribution < -0.4 is 15.4 Å². The van der Waals surface area contributed by atoms with Gasteiger partial charge in [-0.2, -0.15) is 0 Å². The second kappa shape index (κ2) is 7.06. The smallest absolute Gasteiger partial charge is 0.240 e. The summed E-state index contributed by atoms with van der Waals surface area (Å²) in [6.45, 7) is 3.18. The summed E-state index contributed by atoms with van der Waals surface area (Å²) in [5.74, 6) is 0.750. The molecule has 1 aliphatic rings. The van der Waals surface area contributed by atoms with Gasteiger partial charge in [-0.05, 0) is 69.6 Å². The summed E-state index contributed by atoms with van der Waals surface area (Å²) in [7, 11) is -1.92. The Labute approximate surface area is 121 Å². The summed E-state index contributed by atoms with van der Waals surface area (Å²) in [5, 5.41) is 6.76. The number of piperidine rings is 1. The SMILES string of the molecule is CNS(=O)(=O)c1ccc(NCCC2CCCNC2)cc1. The Balaban J connectivity index is 1.82. The van der Waals surface area contributed by atoms with Crippen molar-refractivity contribution in [2.24, 2.45) is 5.92 Å². The summed E-state index contributed by atoms with van der Waals surface area (Å²) in [6, 6.07) is 6.86. The zero-order valence-electron chi connectivity index (χ0n) is 11.9. The van der Waals surface area contributed by atoms with E-state index in [1.165, 1.54) is 19.9 Å². The molecule has 0 bridgehead atoms. The highest BCUT2D eigenvalue weighted by atomic mass is 32.2. The first-order chi connectivity index (χ1) is 9.62. The maximum absolute atomic E-state index is 11.6. The van der Waals surface area contributed by atoms with Crippen LogP contribution in [0.25, 0.3) is 0 Å². The van der Waals surface area contributed by atoms with Crippen LogP contribution in [0, 0.1) is 5.92 Å². The van der Waals surface area contributed by atoms with Crippen LogP contribution in [0.5, 0.6) is 0 Å². The molecule has 1 aromatic carbocycles. The molecule has 0 spiro atoms. The average Bonchev–Trinajstić information content (AvgIpc) is 2.49. The Kier molecular flexibility index (Phi) is 5.39. The van der Waals surface area contributed by atoms with Crippen molar-refractivity contribution in [3.8, 4) is 0 Å². The molecule has 0 radical (unpaired) electrons. The first kappa shape index (κ1) is 15.3. The Hall–Kier alpha value is -1.11. The molecule has 3 N–H and O–H groups in total. The van der Waals surface area contributed by atoms with Gasteiger partial charge >= 0.3 is 0 Å². The van der Waals surface area contributed by atoms with Gasteiger partial charge in [0.25, 0.3) is 0 Å². The lowest BCUT2D eigenvalue weighted by Crippen LogP contribution is -2.30. The number of benzene rings is 1. The number of rotatable bonds is 6. The van der Waals surface area contributed by atoms with Crippen molar-refractivity contribution in [1.29, 1.82) is 0 Å². The molecule has 1 atom stereocenters.